The molecule has 138 valence electrons. The molecule has 2 N–H and O–H groups in total. The Bertz CT molecular complexity index is 836. The van der Waals surface area contributed by atoms with Gasteiger partial charge in [0.1, 0.15) is 11.9 Å². The third-order valence-corrected chi connectivity index (χ3v) is 6.38. The minimum Gasteiger partial charge on any atom is -0.384 e. The van der Waals surface area contributed by atoms with Gasteiger partial charge in [0.15, 0.2) is 0 Å². The second-order valence-corrected chi connectivity index (χ2v) is 13.9. The van der Waals surface area contributed by atoms with Gasteiger partial charge in [-0.15, -0.1) is 0 Å². The van der Waals surface area contributed by atoms with Crippen molar-refractivity contribution in [1.29, 1.82) is 0 Å². The van der Waals surface area contributed by atoms with Crippen LogP contribution in [0.5, 0.6) is 0 Å². The van der Waals surface area contributed by atoms with Crippen LogP contribution in [0.3, 0.4) is 0 Å². The fourth-order valence-corrected chi connectivity index (χ4v) is 3.95. The number of fused-ring (bicyclic) bond motifs is 1. The zero-order chi connectivity index (χ0) is 18.9. The highest BCUT2D eigenvalue weighted by molar-refractivity contribution is 6.76. The molecular formula is C19H25ClN4OSi. The Kier molecular flexibility index (Phi) is 5.46. The van der Waals surface area contributed by atoms with Crippen molar-refractivity contribution in [3.8, 4) is 0 Å². The summed E-state index contributed by atoms with van der Waals surface area (Å²) in [6, 6.07) is 4.63. The molecule has 5 nitrogen and oxygen atoms in total. The number of nitrogen functional groups attached to an aromatic ring is 1. The zero-order valence-corrected chi connectivity index (χ0v) is 17.5. The number of nitrogens with two attached hydrogens (primary N) is 1. The standard InChI is InChI=1S/C19H25ClN4OSi/c1-12-9-14-17(20)18(13-5-6-22-16(21)10-13)24-15(19(14)23-12)11-25-7-8-26(2,3)4/h5-6,9-10,15H,7-8,11H2,1-4H3,(H2,21,22). The van der Waals surface area contributed by atoms with Gasteiger partial charge in [-0.1, -0.05) is 31.2 Å². The van der Waals surface area contributed by atoms with Crippen molar-refractivity contribution < 1.29 is 4.74 Å². The highest BCUT2D eigenvalue weighted by atomic mass is 35.5. The molecule has 1 unspecified atom stereocenters. The molecule has 0 saturated carbocycles. The van der Waals surface area contributed by atoms with Gasteiger partial charge >= 0.3 is 0 Å². The Morgan fingerprint density at radius 3 is 2.77 bits per heavy atom. The molecule has 2 aliphatic heterocycles. The van der Waals surface area contributed by atoms with Crippen LogP contribution in [-0.2, 0) is 4.74 Å². The van der Waals surface area contributed by atoms with Gasteiger partial charge in [-0.25, -0.2) is 4.98 Å². The topological polar surface area (TPSA) is 72.9 Å². The number of halogens is 1. The van der Waals surface area contributed by atoms with Crippen LogP contribution in [0.2, 0.25) is 25.7 Å². The molecular weight excluding hydrogens is 364 g/mol. The van der Waals surface area contributed by atoms with Crippen LogP contribution >= 0.6 is 11.6 Å². The Morgan fingerprint density at radius 2 is 2.08 bits per heavy atom. The highest BCUT2D eigenvalue weighted by Crippen LogP contribution is 2.31. The van der Waals surface area contributed by atoms with Crippen molar-refractivity contribution in [1.82, 2.24) is 4.98 Å². The SMILES string of the molecule is CC1=CC2=C(Cl)C(c3ccnc(N)c3)=NC(COCC[Si](C)(C)C)C2=N1. The monoisotopic (exact) mass is 388 g/mol. The van der Waals surface area contributed by atoms with Crippen LogP contribution in [0, 0.1) is 0 Å². The molecule has 7 heteroatoms. The van der Waals surface area contributed by atoms with Crippen molar-refractivity contribution >= 4 is 36.9 Å². The molecule has 0 spiro atoms. The summed E-state index contributed by atoms with van der Waals surface area (Å²) < 4.78 is 5.96. The number of hydrogen-bond acceptors (Lipinski definition) is 5. The van der Waals surface area contributed by atoms with Gasteiger partial charge in [-0.2, -0.15) is 0 Å². The van der Waals surface area contributed by atoms with Crippen LogP contribution in [0.1, 0.15) is 12.5 Å². The van der Waals surface area contributed by atoms with Crippen molar-refractivity contribution in [2.75, 3.05) is 18.9 Å². The first-order valence-corrected chi connectivity index (χ1v) is 12.9. The number of hydrogen-bond donors (Lipinski definition) is 1. The number of aliphatic imine (C=N–C) groups is 2. The fraction of sp³-hybridized carbons (Fsp3) is 0.421. The number of allylic oxidation sites excluding steroid dienone is 3. The van der Waals surface area contributed by atoms with E-state index in [4.69, 9.17) is 27.1 Å². The number of pyridine rings is 1. The molecule has 26 heavy (non-hydrogen) atoms. The van der Waals surface area contributed by atoms with Crippen LogP contribution in [-0.4, -0.2) is 43.7 Å². The lowest BCUT2D eigenvalue weighted by Gasteiger charge is -2.23. The van der Waals surface area contributed by atoms with Crippen LogP contribution in [0.25, 0.3) is 0 Å². The molecule has 0 amide bonds. The minimum atomic E-state index is -1.12. The average Bonchev–Trinajstić information content (AvgIpc) is 2.95. The number of dihydropyridines is 1. The molecule has 0 aliphatic carbocycles. The van der Waals surface area contributed by atoms with Crippen LogP contribution in [0.15, 0.2) is 50.7 Å². The fourth-order valence-electron chi connectivity index (χ4n) is 2.88. The smallest absolute Gasteiger partial charge is 0.123 e. The first-order chi connectivity index (χ1) is 12.2. The van der Waals surface area contributed by atoms with Crippen molar-refractivity contribution in [2.24, 2.45) is 9.98 Å². The maximum absolute atomic E-state index is 6.65. The highest BCUT2D eigenvalue weighted by Gasteiger charge is 2.31. The summed E-state index contributed by atoms with van der Waals surface area (Å²) in [5.74, 6) is 0.445. The normalized spacial score (nSPS) is 19.9. The van der Waals surface area contributed by atoms with E-state index in [1.165, 1.54) is 0 Å². The Morgan fingerprint density at radius 1 is 1.31 bits per heavy atom. The number of anilines is 1. The van der Waals surface area contributed by atoms with E-state index in [9.17, 15) is 0 Å². The third kappa shape index (κ3) is 4.31. The number of aromatic nitrogens is 1. The first kappa shape index (κ1) is 19.0. The molecule has 3 rings (SSSR count). The number of ether oxygens (including phenoxy) is 1. The van der Waals surface area contributed by atoms with Gasteiger partial charge in [0.05, 0.1) is 23.1 Å². The second-order valence-electron chi connectivity index (χ2n) is 7.86. The molecule has 1 atom stereocenters. The summed E-state index contributed by atoms with van der Waals surface area (Å²) in [7, 11) is -1.12. The second kappa shape index (κ2) is 7.46. The van der Waals surface area contributed by atoms with E-state index in [-0.39, 0.29) is 6.04 Å². The predicted molar refractivity (Wildman–Crippen MR) is 112 cm³/mol. The lowest BCUT2D eigenvalue weighted by atomic mass is 9.97. The summed E-state index contributed by atoms with van der Waals surface area (Å²) in [4.78, 5) is 13.5. The minimum absolute atomic E-state index is 0.160. The molecule has 0 radical (unpaired) electrons. The summed E-state index contributed by atoms with van der Waals surface area (Å²) >= 11 is 6.65. The van der Waals surface area contributed by atoms with E-state index < -0.39 is 8.07 Å². The van der Waals surface area contributed by atoms with Crippen LogP contribution in [0.4, 0.5) is 5.82 Å². The summed E-state index contributed by atoms with van der Waals surface area (Å²) in [6.07, 6.45) is 3.67. The largest absolute Gasteiger partial charge is 0.384 e. The molecule has 0 saturated heterocycles. The predicted octanol–water partition coefficient (Wildman–Crippen LogP) is 4.04. The molecule has 1 aromatic rings. The van der Waals surface area contributed by atoms with E-state index in [0.717, 1.165) is 40.9 Å². The number of nitrogens with zero attached hydrogens (tertiary/aromatic N) is 3. The maximum atomic E-state index is 6.65. The summed E-state index contributed by atoms with van der Waals surface area (Å²) in [6.45, 7) is 10.3. The lowest BCUT2D eigenvalue weighted by molar-refractivity contribution is 0.145. The zero-order valence-electron chi connectivity index (χ0n) is 15.7. The Hall–Kier alpha value is -1.76. The third-order valence-electron chi connectivity index (χ3n) is 4.30. The molecule has 0 aromatic carbocycles. The van der Waals surface area contributed by atoms with Crippen molar-refractivity contribution in [3.63, 3.8) is 0 Å². The molecule has 0 fully saturated rings. The molecule has 2 aliphatic rings. The van der Waals surface area contributed by atoms with Gasteiger partial charge < -0.3 is 10.5 Å². The van der Waals surface area contributed by atoms with Gasteiger partial charge in [-0.3, -0.25) is 9.98 Å². The number of rotatable bonds is 6. The van der Waals surface area contributed by atoms with E-state index in [2.05, 4.69) is 29.6 Å². The van der Waals surface area contributed by atoms with Crippen molar-refractivity contribution in [3.05, 3.63) is 46.3 Å². The van der Waals surface area contributed by atoms with E-state index >= 15 is 0 Å². The first-order valence-electron chi connectivity index (χ1n) is 8.79. The summed E-state index contributed by atoms with van der Waals surface area (Å²) in [5.41, 5.74) is 10.2. The Labute approximate surface area is 160 Å². The average molecular weight is 389 g/mol. The van der Waals surface area contributed by atoms with Gasteiger partial charge in [0.2, 0.25) is 0 Å². The molecule has 3 heterocycles. The van der Waals surface area contributed by atoms with Gasteiger partial charge in [0.25, 0.3) is 0 Å². The quantitative estimate of drug-likeness (QED) is 0.590. The summed E-state index contributed by atoms with van der Waals surface area (Å²) in [5, 5.41) is 0.601. The lowest BCUT2D eigenvalue weighted by Crippen LogP contribution is -2.32. The van der Waals surface area contributed by atoms with Gasteiger partial charge in [-0.05, 0) is 31.2 Å². The van der Waals surface area contributed by atoms with Gasteiger partial charge in [0, 0.05) is 37.7 Å². The maximum Gasteiger partial charge on any atom is 0.123 e. The van der Waals surface area contributed by atoms with Crippen molar-refractivity contribution in [2.45, 2.75) is 38.7 Å². The molecule has 1 aromatic heterocycles. The van der Waals surface area contributed by atoms with E-state index in [1.54, 1.807) is 12.3 Å². The Balaban J connectivity index is 1.85. The molecule has 0 bridgehead atoms. The van der Waals surface area contributed by atoms with E-state index in [0.29, 0.717) is 17.5 Å². The van der Waals surface area contributed by atoms with Crippen LogP contribution < -0.4 is 5.73 Å². The van der Waals surface area contributed by atoms with E-state index in [1.807, 2.05) is 19.1 Å².